The smallest absolute Gasteiger partial charge is 0.434 e. The monoisotopic (exact) mass is 439 g/mol. The van der Waals surface area contributed by atoms with Gasteiger partial charge in [-0.2, -0.15) is 18.2 Å². The van der Waals surface area contributed by atoms with Crippen molar-refractivity contribution in [3.05, 3.63) is 53.2 Å². The maximum atomic E-state index is 13.1. The lowest BCUT2D eigenvalue weighted by atomic mass is 10.2. The third kappa shape index (κ3) is 4.54. The number of ether oxygens (including phenoxy) is 1. The number of nitrogens with zero attached hydrogens (tertiary/aromatic N) is 4. The van der Waals surface area contributed by atoms with Crippen molar-refractivity contribution in [2.24, 2.45) is 0 Å². The van der Waals surface area contributed by atoms with Crippen LogP contribution in [0.3, 0.4) is 0 Å². The topological polar surface area (TPSA) is 81.9 Å². The molecule has 0 aliphatic rings. The maximum absolute atomic E-state index is 13.1. The van der Waals surface area contributed by atoms with E-state index in [9.17, 15) is 18.0 Å². The molecule has 0 bridgehead atoms. The highest BCUT2D eigenvalue weighted by Crippen LogP contribution is 2.33. The van der Waals surface area contributed by atoms with E-state index in [0.29, 0.717) is 11.3 Å². The third-order valence-corrected chi connectivity index (χ3v) is 4.33. The third-order valence-electron chi connectivity index (χ3n) is 4.15. The van der Waals surface area contributed by atoms with Crippen LogP contribution in [0.2, 0.25) is 5.28 Å². The molecule has 1 N–H and O–H groups in total. The van der Waals surface area contributed by atoms with Gasteiger partial charge in [0.1, 0.15) is 17.2 Å². The Balaban J connectivity index is 1.93. The number of carbonyl (C=O) groups excluding carboxylic acids is 1. The lowest BCUT2D eigenvalue weighted by Gasteiger charge is -2.12. The molecule has 11 heteroatoms. The first-order valence-corrected chi connectivity index (χ1v) is 9.12. The number of esters is 1. The van der Waals surface area contributed by atoms with Crippen LogP contribution in [0.4, 0.5) is 24.7 Å². The Labute approximate surface area is 174 Å². The summed E-state index contributed by atoms with van der Waals surface area (Å²) in [5.41, 5.74) is 0.152. The fraction of sp³-hybridized carbons (Fsp3) is 0.263. The van der Waals surface area contributed by atoms with Crippen molar-refractivity contribution >= 4 is 29.1 Å². The van der Waals surface area contributed by atoms with E-state index in [1.807, 2.05) is 0 Å². The number of alkyl halides is 3. The lowest BCUT2D eigenvalue weighted by Crippen LogP contribution is -2.08. The van der Waals surface area contributed by atoms with Crippen LogP contribution in [0.5, 0.6) is 0 Å². The van der Waals surface area contributed by atoms with E-state index in [1.165, 1.54) is 17.9 Å². The Bertz CT molecular complexity index is 1070. The van der Waals surface area contributed by atoms with Gasteiger partial charge in [0.05, 0.1) is 7.11 Å². The van der Waals surface area contributed by atoms with Crippen LogP contribution >= 0.6 is 11.6 Å². The van der Waals surface area contributed by atoms with Crippen molar-refractivity contribution in [3.63, 3.8) is 0 Å². The summed E-state index contributed by atoms with van der Waals surface area (Å²) >= 11 is 5.81. The molecule has 0 spiro atoms. The standard InChI is InChI=1S/C19H17ClF3N5O2/c1-10(2)28-9-14(19(21,22)23)26-16(28)11-4-6-12(7-5-11)25-15-13(17(29)30-3)8-24-18(20)27-15/h4-10H,1-3H3,(H,24,25,27). The van der Waals surface area contributed by atoms with E-state index in [2.05, 4.69) is 20.3 Å². The molecular formula is C19H17ClF3N5O2. The largest absolute Gasteiger partial charge is 0.465 e. The summed E-state index contributed by atoms with van der Waals surface area (Å²) < 4.78 is 45.4. The molecule has 0 saturated carbocycles. The van der Waals surface area contributed by atoms with Gasteiger partial charge >= 0.3 is 12.1 Å². The average Bonchev–Trinajstić information content (AvgIpc) is 3.14. The molecule has 0 radical (unpaired) electrons. The summed E-state index contributed by atoms with van der Waals surface area (Å²) in [7, 11) is 1.22. The number of methoxy groups -OCH3 is 1. The van der Waals surface area contributed by atoms with E-state index >= 15 is 0 Å². The summed E-state index contributed by atoms with van der Waals surface area (Å²) in [6, 6.07) is 6.26. The molecule has 7 nitrogen and oxygen atoms in total. The van der Waals surface area contributed by atoms with Crippen LogP contribution in [0.1, 0.15) is 35.9 Å². The quantitative estimate of drug-likeness (QED) is 0.438. The highest BCUT2D eigenvalue weighted by molar-refractivity contribution is 6.28. The van der Waals surface area contributed by atoms with E-state index in [4.69, 9.17) is 16.3 Å². The van der Waals surface area contributed by atoms with Crippen molar-refractivity contribution in [3.8, 4) is 11.4 Å². The van der Waals surface area contributed by atoms with Gasteiger partial charge in [-0.15, -0.1) is 0 Å². The Hall–Kier alpha value is -3.14. The summed E-state index contributed by atoms with van der Waals surface area (Å²) in [5.74, 6) is -0.314. The van der Waals surface area contributed by atoms with Gasteiger partial charge in [0.25, 0.3) is 0 Å². The van der Waals surface area contributed by atoms with Gasteiger partial charge in [-0.3, -0.25) is 0 Å². The maximum Gasteiger partial charge on any atom is 0.434 e. The summed E-state index contributed by atoms with van der Waals surface area (Å²) in [6.45, 7) is 3.54. The van der Waals surface area contributed by atoms with Gasteiger partial charge in [0.2, 0.25) is 5.28 Å². The highest BCUT2D eigenvalue weighted by atomic mass is 35.5. The Morgan fingerprint density at radius 1 is 1.20 bits per heavy atom. The molecule has 1 aromatic carbocycles. The molecular weight excluding hydrogens is 423 g/mol. The Morgan fingerprint density at radius 3 is 2.43 bits per heavy atom. The highest BCUT2D eigenvalue weighted by Gasteiger charge is 2.35. The van der Waals surface area contributed by atoms with Gasteiger partial charge in [-0.05, 0) is 49.7 Å². The number of imidazole rings is 1. The zero-order valence-electron chi connectivity index (χ0n) is 16.2. The molecule has 0 fully saturated rings. The number of anilines is 2. The van der Waals surface area contributed by atoms with Crippen LogP contribution in [-0.4, -0.2) is 32.6 Å². The fourth-order valence-electron chi connectivity index (χ4n) is 2.69. The minimum atomic E-state index is -4.53. The number of benzene rings is 1. The van der Waals surface area contributed by atoms with E-state index in [-0.39, 0.29) is 28.5 Å². The molecule has 158 valence electrons. The molecule has 0 aliphatic heterocycles. The molecule has 2 aromatic heterocycles. The summed E-state index contributed by atoms with van der Waals surface area (Å²) in [4.78, 5) is 23.4. The molecule has 30 heavy (non-hydrogen) atoms. The van der Waals surface area contributed by atoms with Crippen molar-refractivity contribution in [2.75, 3.05) is 12.4 Å². The molecule has 0 aliphatic carbocycles. The normalized spacial score (nSPS) is 11.6. The molecule has 0 saturated heterocycles. The van der Waals surface area contributed by atoms with Gasteiger partial charge < -0.3 is 14.6 Å². The Morgan fingerprint density at radius 2 is 1.87 bits per heavy atom. The van der Waals surface area contributed by atoms with Gasteiger partial charge in [-0.25, -0.2) is 14.8 Å². The van der Waals surface area contributed by atoms with Crippen molar-refractivity contribution in [1.29, 1.82) is 0 Å². The first-order chi connectivity index (χ1) is 14.1. The molecule has 0 amide bonds. The van der Waals surface area contributed by atoms with Crippen LogP contribution in [0.25, 0.3) is 11.4 Å². The summed E-state index contributed by atoms with van der Waals surface area (Å²) in [5, 5.41) is 2.86. The number of hydrogen-bond donors (Lipinski definition) is 1. The zero-order chi connectivity index (χ0) is 22.1. The molecule has 0 unspecified atom stereocenters. The SMILES string of the molecule is COC(=O)c1cnc(Cl)nc1Nc1ccc(-c2nc(C(F)(F)F)cn2C(C)C)cc1. The van der Waals surface area contributed by atoms with Crippen molar-refractivity contribution in [2.45, 2.75) is 26.1 Å². The predicted molar refractivity (Wildman–Crippen MR) is 105 cm³/mol. The lowest BCUT2D eigenvalue weighted by molar-refractivity contribution is -0.140. The minimum absolute atomic E-state index is 0.0691. The van der Waals surface area contributed by atoms with Gasteiger partial charge in [0.15, 0.2) is 5.69 Å². The number of hydrogen-bond acceptors (Lipinski definition) is 6. The van der Waals surface area contributed by atoms with E-state index < -0.39 is 17.8 Å². The number of rotatable bonds is 5. The first kappa shape index (κ1) is 21.6. The number of carbonyl (C=O) groups is 1. The van der Waals surface area contributed by atoms with Crippen LogP contribution < -0.4 is 5.32 Å². The molecule has 2 heterocycles. The zero-order valence-corrected chi connectivity index (χ0v) is 16.9. The van der Waals surface area contributed by atoms with E-state index in [0.717, 1.165) is 6.20 Å². The second-order valence-corrected chi connectivity index (χ2v) is 6.88. The van der Waals surface area contributed by atoms with Crippen LogP contribution in [0.15, 0.2) is 36.7 Å². The second kappa shape index (κ2) is 8.31. The Kier molecular flexibility index (Phi) is 5.97. The molecule has 3 rings (SSSR count). The van der Waals surface area contributed by atoms with Crippen LogP contribution in [-0.2, 0) is 10.9 Å². The van der Waals surface area contributed by atoms with E-state index in [1.54, 1.807) is 38.1 Å². The minimum Gasteiger partial charge on any atom is -0.465 e. The number of nitrogens with one attached hydrogen (secondary N) is 1. The molecule has 0 atom stereocenters. The number of aromatic nitrogens is 4. The predicted octanol–water partition coefficient (Wildman–Crippen LogP) is 5.12. The van der Waals surface area contributed by atoms with Crippen molar-refractivity contribution < 1.29 is 22.7 Å². The average molecular weight is 440 g/mol. The summed E-state index contributed by atoms with van der Waals surface area (Å²) in [6.07, 6.45) is -2.30. The van der Waals surface area contributed by atoms with Gasteiger partial charge in [-0.1, -0.05) is 0 Å². The van der Waals surface area contributed by atoms with Crippen LogP contribution in [0, 0.1) is 0 Å². The van der Waals surface area contributed by atoms with Crippen molar-refractivity contribution in [1.82, 2.24) is 19.5 Å². The number of halogens is 4. The second-order valence-electron chi connectivity index (χ2n) is 6.54. The molecule has 3 aromatic rings. The first-order valence-electron chi connectivity index (χ1n) is 8.74. The van der Waals surface area contributed by atoms with Gasteiger partial charge in [0, 0.05) is 29.7 Å². The fourth-order valence-corrected chi connectivity index (χ4v) is 2.83.